The maximum Gasteiger partial charge on any atom is 0.490 e. The molecule has 1 aromatic carbocycles. The lowest BCUT2D eigenvalue weighted by Crippen LogP contribution is -2.29. The molecule has 0 bridgehead atoms. The Labute approximate surface area is 263 Å². The second-order valence-corrected chi connectivity index (χ2v) is 13.7. The molecule has 46 heavy (non-hydrogen) atoms. The smallest absolute Gasteiger partial charge is 0.490 e. The number of hydrogen-bond acceptors (Lipinski definition) is 10. The summed E-state index contributed by atoms with van der Waals surface area (Å²) in [6, 6.07) is 6.80. The molecule has 1 aromatic heterocycles. The first kappa shape index (κ1) is 43.4. The highest BCUT2D eigenvalue weighted by Gasteiger charge is 2.38. The van der Waals surface area contributed by atoms with Crippen LogP contribution in [0.5, 0.6) is 5.75 Å². The average Bonchev–Trinajstić information content (AvgIpc) is 3.36. The minimum atomic E-state index is -5.08. The Morgan fingerprint density at radius 3 is 1.87 bits per heavy atom. The van der Waals surface area contributed by atoms with Gasteiger partial charge >= 0.3 is 31.9 Å². The Morgan fingerprint density at radius 2 is 1.39 bits per heavy atom. The number of nitrogens with zero attached hydrogens (tertiary/aromatic N) is 1. The van der Waals surface area contributed by atoms with Crippen LogP contribution < -0.4 is 20.9 Å². The van der Waals surface area contributed by atoms with Crippen LogP contribution in [-0.4, -0.2) is 103 Å². The van der Waals surface area contributed by atoms with Gasteiger partial charge in [-0.25, -0.2) is 18.0 Å². The molecule has 2 aromatic rings. The largest absolute Gasteiger partial charge is 0.494 e. The second-order valence-electron chi connectivity index (χ2n) is 9.02. The molecule has 0 saturated heterocycles. The lowest BCUT2D eigenvalue weighted by Gasteiger charge is -2.22. The van der Waals surface area contributed by atoms with Crippen molar-refractivity contribution in [2.24, 2.45) is 11.5 Å². The van der Waals surface area contributed by atoms with Gasteiger partial charge in [-0.3, -0.25) is 4.57 Å². The van der Waals surface area contributed by atoms with Crippen molar-refractivity contribution in [2.75, 3.05) is 45.6 Å². The summed E-state index contributed by atoms with van der Waals surface area (Å²) in [7, 11) is -8.49. The Kier molecular flexibility index (Phi) is 18.8. The fourth-order valence-corrected chi connectivity index (χ4v) is 6.50. The van der Waals surface area contributed by atoms with Crippen molar-refractivity contribution in [2.45, 2.75) is 42.2 Å². The number of unbranched alkanes of at least 4 members (excludes halogenated alkanes) is 1. The number of carboxylic acids is 2. The first-order chi connectivity index (χ1) is 21.0. The van der Waals surface area contributed by atoms with Crippen LogP contribution in [0.2, 0.25) is 0 Å². The average molecular weight is 737 g/mol. The SMILES string of the molecule is NCCCCN(CCCN)CCCOc1ccc2sc(S(=O)(=O)NCP(=O)(O)O)cc2c1.O=C(O)C(F)(F)F.O=C(O)C(F)(F)F. The van der Waals surface area contributed by atoms with E-state index in [1.54, 1.807) is 18.2 Å². The van der Waals surface area contributed by atoms with Gasteiger partial charge in [-0.2, -0.15) is 31.1 Å². The number of benzene rings is 1. The molecule has 0 amide bonds. The maximum atomic E-state index is 12.3. The summed E-state index contributed by atoms with van der Waals surface area (Å²) in [5.74, 6) is -4.88. The van der Waals surface area contributed by atoms with Gasteiger partial charge in [0, 0.05) is 11.2 Å². The second kappa shape index (κ2) is 20.0. The monoisotopic (exact) mass is 736 g/mol. The number of aliphatic carboxylic acids is 2. The van der Waals surface area contributed by atoms with Crippen molar-refractivity contribution in [3.63, 3.8) is 0 Å². The summed E-state index contributed by atoms with van der Waals surface area (Å²) >= 11 is 1.03. The van der Waals surface area contributed by atoms with E-state index in [9.17, 15) is 39.3 Å². The van der Waals surface area contributed by atoms with Crippen LogP contribution in [0.3, 0.4) is 0 Å². The van der Waals surface area contributed by atoms with Crippen molar-refractivity contribution < 1.29 is 73.7 Å². The van der Waals surface area contributed by atoms with Crippen LogP contribution in [0.4, 0.5) is 26.3 Å². The molecule has 2 rings (SSSR count). The number of hydrogen-bond donors (Lipinski definition) is 7. The fourth-order valence-electron chi connectivity index (χ4n) is 3.07. The molecule has 0 radical (unpaired) electrons. The summed E-state index contributed by atoms with van der Waals surface area (Å²) in [6.45, 7) is 4.74. The molecule has 0 aliphatic rings. The first-order valence-corrected chi connectivity index (χ1v) is 17.1. The van der Waals surface area contributed by atoms with Crippen LogP contribution in [0.1, 0.15) is 25.7 Å². The van der Waals surface area contributed by atoms with Crippen LogP contribution in [-0.2, 0) is 24.2 Å². The van der Waals surface area contributed by atoms with Crippen LogP contribution in [0.15, 0.2) is 28.5 Å². The Morgan fingerprint density at radius 1 is 0.891 bits per heavy atom. The topological polar surface area (TPSA) is 243 Å². The number of ether oxygens (including phenoxy) is 1. The van der Waals surface area contributed by atoms with E-state index in [0.717, 1.165) is 61.4 Å². The van der Waals surface area contributed by atoms with Crippen molar-refractivity contribution in [3.05, 3.63) is 24.3 Å². The van der Waals surface area contributed by atoms with E-state index in [-0.39, 0.29) is 4.21 Å². The van der Waals surface area contributed by atoms with Crippen molar-refractivity contribution >= 4 is 51.0 Å². The highest BCUT2D eigenvalue weighted by atomic mass is 32.2. The normalized spacial score (nSPS) is 12.2. The molecule has 266 valence electrons. The van der Waals surface area contributed by atoms with Gasteiger partial charge in [-0.15, -0.1) is 11.3 Å². The Balaban J connectivity index is 0.00000120. The molecule has 14 nitrogen and oxygen atoms in total. The molecule has 0 unspecified atom stereocenters. The van der Waals surface area contributed by atoms with Crippen LogP contribution >= 0.6 is 18.9 Å². The van der Waals surface area contributed by atoms with Gasteiger partial charge in [0.2, 0.25) is 0 Å². The van der Waals surface area contributed by atoms with Gasteiger partial charge in [0.25, 0.3) is 10.0 Å². The summed E-state index contributed by atoms with van der Waals surface area (Å²) < 4.78 is 108. The van der Waals surface area contributed by atoms with E-state index in [0.29, 0.717) is 30.8 Å². The number of halogens is 6. The minimum absolute atomic E-state index is 0.00822. The van der Waals surface area contributed by atoms with E-state index in [2.05, 4.69) is 4.90 Å². The highest BCUT2D eigenvalue weighted by molar-refractivity contribution is 7.92. The minimum Gasteiger partial charge on any atom is -0.494 e. The van der Waals surface area contributed by atoms with Crippen LogP contribution in [0.25, 0.3) is 10.1 Å². The van der Waals surface area contributed by atoms with Crippen molar-refractivity contribution in [3.8, 4) is 5.75 Å². The summed E-state index contributed by atoms with van der Waals surface area (Å²) in [5, 5.41) is 14.9. The first-order valence-electron chi connectivity index (χ1n) is 13.0. The van der Waals surface area contributed by atoms with E-state index in [1.807, 2.05) is 4.72 Å². The zero-order valence-corrected chi connectivity index (χ0v) is 26.5. The molecule has 0 saturated carbocycles. The quantitative estimate of drug-likeness (QED) is 0.0746. The summed E-state index contributed by atoms with van der Waals surface area (Å²) in [4.78, 5) is 38.0. The number of fused-ring (bicyclic) bond motifs is 1. The van der Waals surface area contributed by atoms with E-state index in [1.165, 1.54) is 6.07 Å². The summed E-state index contributed by atoms with van der Waals surface area (Å²) in [5.41, 5.74) is 11.2. The molecule has 9 N–H and O–H groups in total. The lowest BCUT2D eigenvalue weighted by atomic mass is 10.2. The van der Waals surface area contributed by atoms with Gasteiger partial charge in [-0.1, -0.05) is 0 Å². The van der Waals surface area contributed by atoms with E-state index in [4.69, 9.17) is 45.8 Å². The van der Waals surface area contributed by atoms with Crippen molar-refractivity contribution in [1.82, 2.24) is 9.62 Å². The third-order valence-corrected chi connectivity index (χ3v) is 8.94. The molecule has 0 aliphatic heterocycles. The van der Waals surface area contributed by atoms with E-state index >= 15 is 0 Å². The molecular weight excluding hydrogens is 701 g/mol. The van der Waals surface area contributed by atoms with Gasteiger partial charge in [0.05, 0.1) is 6.61 Å². The number of nitrogens with one attached hydrogen (secondary N) is 1. The predicted octanol–water partition coefficient (Wildman–Crippen LogP) is 2.74. The van der Waals surface area contributed by atoms with E-state index < -0.39 is 48.2 Å². The van der Waals surface area contributed by atoms with Crippen molar-refractivity contribution in [1.29, 1.82) is 0 Å². The molecule has 0 aliphatic carbocycles. The summed E-state index contributed by atoms with van der Waals surface area (Å²) in [6.07, 6.45) is -7.24. The van der Waals surface area contributed by atoms with Gasteiger partial charge < -0.3 is 41.1 Å². The number of carboxylic acid groups (broad SMARTS) is 2. The van der Waals surface area contributed by atoms with Gasteiger partial charge in [0.1, 0.15) is 16.2 Å². The zero-order chi connectivity index (χ0) is 35.8. The molecule has 1 heterocycles. The highest BCUT2D eigenvalue weighted by Crippen LogP contribution is 2.35. The number of sulfonamides is 1. The molecule has 0 fully saturated rings. The molecule has 0 atom stereocenters. The predicted molar refractivity (Wildman–Crippen MR) is 155 cm³/mol. The molecule has 23 heteroatoms. The number of nitrogens with two attached hydrogens (primary N) is 2. The standard InChI is InChI=1S/C19H33N4O6PS2.2C2HF3O2/c20-7-1-2-9-23(10-3-8-21)11-4-12-29-17-5-6-18-16(13-17)14-19(31-18)32(27,28)22-15-30(24,25)26;2*3-2(4,5)1(6)7/h5-6,13-14,22H,1-4,7-12,15,20-21H2,(H2,24,25,26);2*(H,6,7). The number of thiophene rings is 1. The third-order valence-electron chi connectivity index (χ3n) is 5.17. The number of carbonyl (C=O) groups is 2. The van der Waals surface area contributed by atoms with Crippen LogP contribution in [0, 0.1) is 0 Å². The maximum absolute atomic E-state index is 12.3. The molecule has 0 spiro atoms. The molecular formula is C23H35F6N4O10PS2. The number of rotatable bonds is 16. The van der Waals surface area contributed by atoms with Gasteiger partial charge in [-0.05, 0) is 81.5 Å². The Bertz CT molecular complexity index is 1360. The Hall–Kier alpha value is -2.56. The third kappa shape index (κ3) is 19.2. The number of alkyl halides is 6. The zero-order valence-electron chi connectivity index (χ0n) is 24.0. The lowest BCUT2D eigenvalue weighted by molar-refractivity contribution is -0.193. The van der Waals surface area contributed by atoms with Gasteiger partial charge in [0.15, 0.2) is 0 Å². The fraction of sp³-hybridized carbons (Fsp3) is 0.565.